The lowest BCUT2D eigenvalue weighted by Gasteiger charge is -2.33. The highest BCUT2D eigenvalue weighted by atomic mass is 16.3. The number of amides is 1. The predicted molar refractivity (Wildman–Crippen MR) is 81.4 cm³/mol. The van der Waals surface area contributed by atoms with E-state index in [1.807, 2.05) is 6.92 Å². The molecule has 5 heteroatoms. The molecule has 1 amide bonds. The van der Waals surface area contributed by atoms with Crippen molar-refractivity contribution >= 4 is 17.4 Å². The van der Waals surface area contributed by atoms with Crippen LogP contribution in [0.3, 0.4) is 0 Å². The molecule has 2 N–H and O–H groups in total. The third kappa shape index (κ3) is 4.12. The van der Waals surface area contributed by atoms with Crippen molar-refractivity contribution in [3.8, 4) is 0 Å². The summed E-state index contributed by atoms with van der Waals surface area (Å²) in [5.41, 5.74) is 1.32. The van der Waals surface area contributed by atoms with Gasteiger partial charge in [-0.15, -0.1) is 0 Å². The number of carbonyl (C=O) groups excluding carboxylic acids is 2. The van der Waals surface area contributed by atoms with Gasteiger partial charge in [0, 0.05) is 24.3 Å². The highest BCUT2D eigenvalue weighted by molar-refractivity contribution is 5.96. The summed E-state index contributed by atoms with van der Waals surface area (Å²) in [6.07, 6.45) is 1.19. The molecule has 0 radical (unpaired) electrons. The van der Waals surface area contributed by atoms with E-state index in [1.165, 1.54) is 6.92 Å². The van der Waals surface area contributed by atoms with Gasteiger partial charge in [-0.25, -0.2) is 0 Å². The number of Topliss-reactive ketones (excluding diaryl/α,β-unsaturated/α-hetero) is 1. The number of nitrogens with one attached hydrogen (secondary N) is 1. The van der Waals surface area contributed by atoms with E-state index in [1.54, 1.807) is 24.3 Å². The molecule has 5 nitrogen and oxygen atoms in total. The van der Waals surface area contributed by atoms with Gasteiger partial charge in [0.15, 0.2) is 5.78 Å². The summed E-state index contributed by atoms with van der Waals surface area (Å²) in [7, 11) is 0. The van der Waals surface area contributed by atoms with E-state index in [0.717, 1.165) is 13.1 Å². The van der Waals surface area contributed by atoms with Crippen LogP contribution in [0.25, 0.3) is 0 Å². The molecule has 1 aromatic carbocycles. The summed E-state index contributed by atoms with van der Waals surface area (Å²) in [6.45, 7) is 4.86. The molecule has 1 atom stereocenters. The Morgan fingerprint density at radius 3 is 2.33 bits per heavy atom. The quantitative estimate of drug-likeness (QED) is 0.828. The fourth-order valence-electron chi connectivity index (χ4n) is 2.47. The van der Waals surface area contributed by atoms with Crippen LogP contribution in [0.1, 0.15) is 37.0 Å². The molecule has 1 fully saturated rings. The van der Waals surface area contributed by atoms with Gasteiger partial charge < -0.3 is 10.4 Å². The number of hydrogen-bond donors (Lipinski definition) is 2. The average Bonchev–Trinajstić information content (AvgIpc) is 2.47. The lowest BCUT2D eigenvalue weighted by molar-refractivity contribution is -0.121. The molecule has 0 saturated carbocycles. The van der Waals surface area contributed by atoms with Gasteiger partial charge in [-0.3, -0.25) is 14.5 Å². The Morgan fingerprint density at radius 1 is 1.24 bits per heavy atom. The first-order valence-electron chi connectivity index (χ1n) is 7.31. The van der Waals surface area contributed by atoms with Crippen molar-refractivity contribution in [2.24, 2.45) is 0 Å². The monoisotopic (exact) mass is 290 g/mol. The fourth-order valence-corrected chi connectivity index (χ4v) is 2.47. The number of carbonyl (C=O) groups is 2. The molecule has 114 valence electrons. The second kappa shape index (κ2) is 6.83. The summed E-state index contributed by atoms with van der Waals surface area (Å²) in [5.74, 6) is -0.0601. The number of rotatable bonds is 4. The second-order valence-electron chi connectivity index (χ2n) is 5.57. The number of piperidine rings is 1. The topological polar surface area (TPSA) is 69.6 Å². The number of likely N-dealkylation sites (tertiary alicyclic amines) is 1. The predicted octanol–water partition coefficient (Wildman–Crippen LogP) is 1.67. The summed E-state index contributed by atoms with van der Waals surface area (Å²) >= 11 is 0. The summed E-state index contributed by atoms with van der Waals surface area (Å²) in [4.78, 5) is 25.5. The number of ketones is 1. The van der Waals surface area contributed by atoms with Crippen LogP contribution < -0.4 is 5.32 Å². The Bertz CT molecular complexity index is 505. The van der Waals surface area contributed by atoms with Crippen LogP contribution in [0, 0.1) is 0 Å². The highest BCUT2D eigenvalue weighted by Crippen LogP contribution is 2.15. The van der Waals surface area contributed by atoms with Crippen LogP contribution in [-0.4, -0.2) is 46.9 Å². The molecule has 0 aliphatic carbocycles. The van der Waals surface area contributed by atoms with Crippen LogP contribution in [0.4, 0.5) is 5.69 Å². The minimum atomic E-state index is -0.240. The van der Waals surface area contributed by atoms with E-state index in [-0.39, 0.29) is 23.8 Å². The van der Waals surface area contributed by atoms with Crippen molar-refractivity contribution in [2.75, 3.05) is 18.4 Å². The van der Waals surface area contributed by atoms with Gasteiger partial charge in [0.1, 0.15) is 0 Å². The van der Waals surface area contributed by atoms with Crippen molar-refractivity contribution in [3.63, 3.8) is 0 Å². The minimum Gasteiger partial charge on any atom is -0.393 e. The summed E-state index contributed by atoms with van der Waals surface area (Å²) in [5, 5.41) is 12.4. The normalized spacial score (nSPS) is 18.2. The first-order valence-corrected chi connectivity index (χ1v) is 7.31. The Balaban J connectivity index is 1.92. The second-order valence-corrected chi connectivity index (χ2v) is 5.57. The molecule has 1 aromatic rings. The number of benzene rings is 1. The molecule has 0 spiro atoms. The molecule has 2 rings (SSSR count). The lowest BCUT2D eigenvalue weighted by atomic mass is 10.1. The zero-order chi connectivity index (χ0) is 15.4. The molecule has 0 bridgehead atoms. The fraction of sp³-hybridized carbons (Fsp3) is 0.500. The third-order valence-corrected chi connectivity index (χ3v) is 3.99. The van der Waals surface area contributed by atoms with E-state index in [0.29, 0.717) is 24.1 Å². The maximum Gasteiger partial charge on any atom is 0.241 e. The van der Waals surface area contributed by atoms with Gasteiger partial charge in [0.05, 0.1) is 12.1 Å². The number of hydrogen-bond acceptors (Lipinski definition) is 4. The van der Waals surface area contributed by atoms with Crippen molar-refractivity contribution < 1.29 is 14.7 Å². The van der Waals surface area contributed by atoms with Gasteiger partial charge in [-0.1, -0.05) is 0 Å². The van der Waals surface area contributed by atoms with Crippen LogP contribution in [0.2, 0.25) is 0 Å². The van der Waals surface area contributed by atoms with E-state index in [9.17, 15) is 14.7 Å². The molecule has 0 aromatic heterocycles. The maximum absolute atomic E-state index is 12.2. The zero-order valence-corrected chi connectivity index (χ0v) is 12.5. The van der Waals surface area contributed by atoms with Crippen molar-refractivity contribution in [1.29, 1.82) is 0 Å². The Kier molecular flexibility index (Phi) is 5.09. The summed E-state index contributed by atoms with van der Waals surface area (Å²) in [6, 6.07) is 6.66. The van der Waals surface area contributed by atoms with Crippen LogP contribution in [0.15, 0.2) is 24.3 Å². The maximum atomic E-state index is 12.2. The average molecular weight is 290 g/mol. The van der Waals surface area contributed by atoms with Crippen LogP contribution in [0.5, 0.6) is 0 Å². The highest BCUT2D eigenvalue weighted by Gasteiger charge is 2.25. The molecule has 1 heterocycles. The molecule has 1 saturated heterocycles. The Morgan fingerprint density at radius 2 is 1.81 bits per heavy atom. The first-order chi connectivity index (χ1) is 9.97. The number of aliphatic hydroxyl groups excluding tert-OH is 1. The minimum absolute atomic E-state index is 0.00752. The van der Waals surface area contributed by atoms with E-state index < -0.39 is 0 Å². The van der Waals surface area contributed by atoms with Crippen LogP contribution >= 0.6 is 0 Å². The SMILES string of the molecule is CC(=O)c1ccc(NC(=O)C(C)N2CCC(O)CC2)cc1. The largest absolute Gasteiger partial charge is 0.393 e. The van der Waals surface area contributed by atoms with E-state index in [4.69, 9.17) is 0 Å². The number of aliphatic hydroxyl groups is 1. The molecular weight excluding hydrogens is 268 g/mol. The van der Waals surface area contributed by atoms with Crippen molar-refractivity contribution in [1.82, 2.24) is 4.90 Å². The molecule has 1 unspecified atom stereocenters. The van der Waals surface area contributed by atoms with Gasteiger partial charge in [0.2, 0.25) is 5.91 Å². The van der Waals surface area contributed by atoms with Crippen molar-refractivity contribution in [2.45, 2.75) is 38.8 Å². The first kappa shape index (κ1) is 15.7. The standard InChI is InChI=1S/C16H22N2O3/c1-11(18-9-7-15(20)8-10-18)16(21)17-14-5-3-13(4-6-14)12(2)19/h3-6,11,15,20H,7-10H2,1-2H3,(H,17,21). The third-order valence-electron chi connectivity index (χ3n) is 3.99. The number of nitrogens with zero attached hydrogens (tertiary/aromatic N) is 1. The Labute approximate surface area is 125 Å². The molecular formula is C16H22N2O3. The Hall–Kier alpha value is -1.72. The van der Waals surface area contributed by atoms with Gasteiger partial charge in [-0.2, -0.15) is 0 Å². The summed E-state index contributed by atoms with van der Waals surface area (Å²) < 4.78 is 0. The van der Waals surface area contributed by atoms with Gasteiger partial charge >= 0.3 is 0 Å². The molecule has 1 aliphatic rings. The van der Waals surface area contributed by atoms with E-state index >= 15 is 0 Å². The molecule has 1 aliphatic heterocycles. The lowest BCUT2D eigenvalue weighted by Crippen LogP contribution is -2.47. The van der Waals surface area contributed by atoms with Crippen LogP contribution in [-0.2, 0) is 4.79 Å². The smallest absolute Gasteiger partial charge is 0.241 e. The van der Waals surface area contributed by atoms with Crippen molar-refractivity contribution in [3.05, 3.63) is 29.8 Å². The molecule has 21 heavy (non-hydrogen) atoms. The van der Waals surface area contributed by atoms with Gasteiger partial charge in [-0.05, 0) is 51.0 Å². The zero-order valence-electron chi connectivity index (χ0n) is 12.5. The van der Waals surface area contributed by atoms with Gasteiger partial charge in [0.25, 0.3) is 0 Å². The van der Waals surface area contributed by atoms with E-state index in [2.05, 4.69) is 10.2 Å². The number of anilines is 1.